The van der Waals surface area contributed by atoms with Crippen molar-refractivity contribution in [3.8, 4) is 16.8 Å². The fourth-order valence-electron chi connectivity index (χ4n) is 2.71. The van der Waals surface area contributed by atoms with Crippen LogP contribution >= 0.6 is 15.9 Å². The van der Waals surface area contributed by atoms with Crippen LogP contribution in [0.1, 0.15) is 0 Å². The third kappa shape index (κ3) is 2.24. The summed E-state index contributed by atoms with van der Waals surface area (Å²) in [5.74, 6) is 0. The fraction of sp³-hybridized carbons (Fsp3) is 0. The molecule has 22 heavy (non-hydrogen) atoms. The summed E-state index contributed by atoms with van der Waals surface area (Å²) < 4.78 is 3.23. The molecule has 106 valence electrons. The zero-order valence-electron chi connectivity index (χ0n) is 11.8. The van der Waals surface area contributed by atoms with E-state index in [1.54, 1.807) is 0 Å². The third-order valence-corrected chi connectivity index (χ3v) is 4.29. The van der Waals surface area contributed by atoms with Gasteiger partial charge in [-0.3, -0.25) is 4.57 Å². The lowest BCUT2D eigenvalue weighted by molar-refractivity contribution is 1.09. The van der Waals surface area contributed by atoms with E-state index >= 15 is 0 Å². The highest BCUT2D eigenvalue weighted by atomic mass is 79.9. The van der Waals surface area contributed by atoms with E-state index in [0.717, 1.165) is 21.2 Å². The number of imidazole rings is 1. The smallest absolute Gasteiger partial charge is 0.100 e. The number of aromatic nitrogens is 2. The normalized spacial score (nSPS) is 11.0. The van der Waals surface area contributed by atoms with Crippen LogP contribution in [0.25, 0.3) is 27.8 Å². The van der Waals surface area contributed by atoms with Crippen molar-refractivity contribution in [2.24, 2.45) is 0 Å². The molecule has 4 aromatic rings. The summed E-state index contributed by atoms with van der Waals surface area (Å²) >= 11 is 3.49. The second-order valence-corrected chi connectivity index (χ2v) is 6.05. The largest absolute Gasteiger partial charge is 0.298 e. The first-order valence-electron chi connectivity index (χ1n) is 7.10. The predicted octanol–water partition coefficient (Wildman–Crippen LogP) is 5.46. The minimum Gasteiger partial charge on any atom is -0.298 e. The van der Waals surface area contributed by atoms with Gasteiger partial charge in [-0.25, -0.2) is 4.98 Å². The van der Waals surface area contributed by atoms with Crippen LogP contribution in [0.4, 0.5) is 0 Å². The molecule has 0 radical (unpaired) electrons. The first kappa shape index (κ1) is 13.3. The molecular weight excluding hydrogens is 336 g/mol. The first-order chi connectivity index (χ1) is 10.8. The van der Waals surface area contributed by atoms with E-state index in [0.29, 0.717) is 0 Å². The zero-order valence-corrected chi connectivity index (χ0v) is 13.4. The number of rotatable bonds is 2. The zero-order chi connectivity index (χ0) is 14.9. The van der Waals surface area contributed by atoms with Gasteiger partial charge in [0.1, 0.15) is 6.33 Å². The molecule has 0 aliphatic heterocycles. The van der Waals surface area contributed by atoms with Crippen LogP contribution in [0.2, 0.25) is 0 Å². The average molecular weight is 349 g/mol. The number of hydrogen-bond acceptors (Lipinski definition) is 1. The quantitative estimate of drug-likeness (QED) is 0.470. The lowest BCUT2D eigenvalue weighted by atomic mass is 10.0. The second kappa shape index (κ2) is 5.43. The van der Waals surface area contributed by atoms with Crippen molar-refractivity contribution in [1.29, 1.82) is 0 Å². The van der Waals surface area contributed by atoms with Gasteiger partial charge in [0.15, 0.2) is 0 Å². The minimum absolute atomic E-state index is 1.00. The van der Waals surface area contributed by atoms with Crippen molar-refractivity contribution in [3.63, 3.8) is 0 Å². The van der Waals surface area contributed by atoms with Crippen molar-refractivity contribution in [3.05, 3.63) is 83.6 Å². The van der Waals surface area contributed by atoms with E-state index < -0.39 is 0 Å². The summed E-state index contributed by atoms with van der Waals surface area (Å²) in [6.07, 6.45) is 1.89. The van der Waals surface area contributed by atoms with Crippen molar-refractivity contribution >= 4 is 27.0 Å². The summed E-state index contributed by atoms with van der Waals surface area (Å²) in [7, 11) is 0. The van der Waals surface area contributed by atoms with E-state index in [2.05, 4.69) is 80.1 Å². The molecule has 1 heterocycles. The summed E-state index contributed by atoms with van der Waals surface area (Å²) in [6.45, 7) is 0. The molecule has 3 heteroatoms. The molecule has 0 unspecified atom stereocenters. The molecule has 0 aliphatic carbocycles. The second-order valence-electron chi connectivity index (χ2n) is 5.13. The van der Waals surface area contributed by atoms with Crippen molar-refractivity contribution in [2.75, 3.05) is 0 Å². The Bertz CT molecular complexity index is 925. The van der Waals surface area contributed by atoms with Crippen molar-refractivity contribution in [2.45, 2.75) is 0 Å². The van der Waals surface area contributed by atoms with Gasteiger partial charge in [0, 0.05) is 15.7 Å². The van der Waals surface area contributed by atoms with Gasteiger partial charge in [-0.05, 0) is 35.9 Å². The molecule has 2 nitrogen and oxygen atoms in total. The molecule has 0 saturated heterocycles. The fourth-order valence-corrected chi connectivity index (χ4v) is 2.98. The molecule has 3 aromatic carbocycles. The molecular formula is C19H13BrN2. The van der Waals surface area contributed by atoms with Crippen LogP contribution in [-0.4, -0.2) is 9.55 Å². The number of halogens is 1. The highest BCUT2D eigenvalue weighted by Crippen LogP contribution is 2.30. The third-order valence-electron chi connectivity index (χ3n) is 3.76. The number of para-hydroxylation sites is 2. The summed E-state index contributed by atoms with van der Waals surface area (Å²) in [5, 5.41) is 0. The molecule has 0 fully saturated rings. The van der Waals surface area contributed by atoms with Crippen molar-refractivity contribution in [1.82, 2.24) is 9.55 Å². The molecule has 1 aromatic heterocycles. The highest BCUT2D eigenvalue weighted by Gasteiger charge is 2.10. The number of hydrogen-bond donors (Lipinski definition) is 0. The molecule has 0 bridgehead atoms. The van der Waals surface area contributed by atoms with Gasteiger partial charge in [0.05, 0.1) is 11.0 Å². The summed E-state index contributed by atoms with van der Waals surface area (Å²) in [5.41, 5.74) is 5.63. The summed E-state index contributed by atoms with van der Waals surface area (Å²) in [4.78, 5) is 4.55. The number of fused-ring (bicyclic) bond motifs is 1. The lowest BCUT2D eigenvalue weighted by Crippen LogP contribution is -1.93. The Morgan fingerprint density at radius 3 is 2.32 bits per heavy atom. The van der Waals surface area contributed by atoms with E-state index in [1.807, 2.05) is 24.5 Å². The lowest BCUT2D eigenvalue weighted by Gasteiger charge is -2.09. The van der Waals surface area contributed by atoms with Gasteiger partial charge < -0.3 is 0 Å². The summed E-state index contributed by atoms with van der Waals surface area (Å²) in [6, 6.07) is 25.0. The van der Waals surface area contributed by atoms with Crippen molar-refractivity contribution < 1.29 is 0 Å². The predicted molar refractivity (Wildman–Crippen MR) is 94.2 cm³/mol. The Balaban J connectivity index is 2.00. The minimum atomic E-state index is 1.00. The SMILES string of the molecule is Brc1ccc(-c2cccc3ncn(-c4ccccc4)c23)cc1. The topological polar surface area (TPSA) is 17.8 Å². The van der Waals surface area contributed by atoms with Gasteiger partial charge in [-0.1, -0.05) is 58.4 Å². The first-order valence-corrected chi connectivity index (χ1v) is 7.90. The van der Waals surface area contributed by atoms with Gasteiger partial charge in [-0.2, -0.15) is 0 Å². The Kier molecular flexibility index (Phi) is 3.28. The van der Waals surface area contributed by atoms with E-state index in [-0.39, 0.29) is 0 Å². The van der Waals surface area contributed by atoms with Gasteiger partial charge in [0.2, 0.25) is 0 Å². The molecule has 0 spiro atoms. The monoisotopic (exact) mass is 348 g/mol. The van der Waals surface area contributed by atoms with Gasteiger partial charge in [-0.15, -0.1) is 0 Å². The number of benzene rings is 3. The van der Waals surface area contributed by atoms with E-state index in [1.165, 1.54) is 11.1 Å². The van der Waals surface area contributed by atoms with E-state index in [4.69, 9.17) is 0 Å². The molecule has 0 amide bonds. The Morgan fingerprint density at radius 2 is 1.55 bits per heavy atom. The maximum Gasteiger partial charge on any atom is 0.100 e. The number of nitrogens with zero attached hydrogens (tertiary/aromatic N) is 2. The van der Waals surface area contributed by atoms with Crippen LogP contribution in [0.3, 0.4) is 0 Å². The molecule has 0 aliphatic rings. The van der Waals surface area contributed by atoms with Gasteiger partial charge >= 0.3 is 0 Å². The van der Waals surface area contributed by atoms with E-state index in [9.17, 15) is 0 Å². The molecule has 0 saturated carbocycles. The maximum atomic E-state index is 4.55. The Labute approximate surface area is 137 Å². The highest BCUT2D eigenvalue weighted by molar-refractivity contribution is 9.10. The molecule has 0 atom stereocenters. The molecule has 4 rings (SSSR count). The average Bonchev–Trinajstić information content (AvgIpc) is 3.00. The Morgan fingerprint density at radius 1 is 0.773 bits per heavy atom. The van der Waals surface area contributed by atoms with Crippen LogP contribution in [0.5, 0.6) is 0 Å². The maximum absolute atomic E-state index is 4.55. The molecule has 0 N–H and O–H groups in total. The van der Waals surface area contributed by atoms with Crippen LogP contribution in [0.15, 0.2) is 83.6 Å². The van der Waals surface area contributed by atoms with Gasteiger partial charge in [0.25, 0.3) is 0 Å². The van der Waals surface area contributed by atoms with Crippen LogP contribution in [-0.2, 0) is 0 Å². The van der Waals surface area contributed by atoms with Crippen LogP contribution < -0.4 is 0 Å². The van der Waals surface area contributed by atoms with Crippen LogP contribution in [0, 0.1) is 0 Å². The Hall–Kier alpha value is -2.39. The standard InChI is InChI=1S/C19H13BrN2/c20-15-11-9-14(10-12-15)17-7-4-8-18-19(17)22(13-21-18)16-5-2-1-3-6-16/h1-13H.